The Morgan fingerprint density at radius 3 is 2.47 bits per heavy atom. The van der Waals surface area contributed by atoms with Crippen LogP contribution in [0, 0.1) is 5.82 Å². The zero-order valence-electron chi connectivity index (χ0n) is 17.9. The summed E-state index contributed by atoms with van der Waals surface area (Å²) in [7, 11) is 0. The van der Waals surface area contributed by atoms with Crippen molar-refractivity contribution < 1.29 is 27.5 Å². The fourth-order valence-corrected chi connectivity index (χ4v) is 3.35. The SMILES string of the molecule is NC(=O)c1nc(Cn2nc(-c3ccc(Cl)cc3)n(CC(O)C(F)(F)F)c2=O)nn1-c1ccncc1F. The maximum absolute atomic E-state index is 14.2. The van der Waals surface area contributed by atoms with E-state index in [2.05, 4.69) is 20.2 Å². The van der Waals surface area contributed by atoms with Crippen molar-refractivity contribution in [3.63, 3.8) is 0 Å². The number of benzene rings is 1. The summed E-state index contributed by atoms with van der Waals surface area (Å²) < 4.78 is 55.4. The van der Waals surface area contributed by atoms with Gasteiger partial charge in [0.2, 0.25) is 5.82 Å². The molecule has 0 aliphatic carbocycles. The van der Waals surface area contributed by atoms with Crippen molar-refractivity contribution in [1.29, 1.82) is 0 Å². The molecular weight excluding hydrogens is 512 g/mol. The molecule has 4 aromatic rings. The maximum atomic E-state index is 14.2. The molecule has 1 unspecified atom stereocenters. The van der Waals surface area contributed by atoms with E-state index in [0.717, 1.165) is 15.6 Å². The number of carbonyl (C=O) groups excluding carboxylic acids is 1. The molecule has 188 valence electrons. The molecule has 36 heavy (non-hydrogen) atoms. The van der Waals surface area contributed by atoms with Gasteiger partial charge in [0.1, 0.15) is 12.2 Å². The third-order valence-electron chi connectivity index (χ3n) is 4.90. The molecule has 1 atom stereocenters. The Bertz CT molecular complexity index is 1480. The van der Waals surface area contributed by atoms with Gasteiger partial charge >= 0.3 is 11.9 Å². The van der Waals surface area contributed by atoms with Gasteiger partial charge in [-0.3, -0.25) is 14.3 Å². The minimum atomic E-state index is -5.00. The highest BCUT2D eigenvalue weighted by molar-refractivity contribution is 6.30. The number of primary amides is 1. The van der Waals surface area contributed by atoms with Crippen LogP contribution in [-0.2, 0) is 13.1 Å². The molecule has 0 bridgehead atoms. The van der Waals surface area contributed by atoms with Crippen molar-refractivity contribution in [3.05, 3.63) is 75.7 Å². The fraction of sp³-hybridized carbons (Fsp3) is 0.200. The number of amides is 1. The lowest BCUT2D eigenvalue weighted by atomic mass is 10.2. The lowest BCUT2D eigenvalue weighted by molar-refractivity contribution is -0.207. The van der Waals surface area contributed by atoms with Gasteiger partial charge in [-0.1, -0.05) is 11.6 Å². The van der Waals surface area contributed by atoms with Crippen molar-refractivity contribution in [2.75, 3.05) is 0 Å². The molecule has 0 saturated heterocycles. The predicted molar refractivity (Wildman–Crippen MR) is 116 cm³/mol. The number of carbonyl (C=O) groups is 1. The van der Waals surface area contributed by atoms with E-state index in [1.807, 2.05) is 0 Å². The van der Waals surface area contributed by atoms with Crippen LogP contribution in [0.3, 0.4) is 0 Å². The summed E-state index contributed by atoms with van der Waals surface area (Å²) >= 11 is 5.86. The Morgan fingerprint density at radius 2 is 1.86 bits per heavy atom. The van der Waals surface area contributed by atoms with Gasteiger partial charge in [0.25, 0.3) is 5.91 Å². The second-order valence-corrected chi connectivity index (χ2v) is 7.83. The van der Waals surface area contributed by atoms with Crippen LogP contribution < -0.4 is 11.4 Å². The first-order chi connectivity index (χ1) is 17.0. The van der Waals surface area contributed by atoms with Crippen LogP contribution in [0.4, 0.5) is 17.6 Å². The third-order valence-corrected chi connectivity index (χ3v) is 5.15. The van der Waals surface area contributed by atoms with Crippen molar-refractivity contribution in [2.24, 2.45) is 5.73 Å². The first-order valence-corrected chi connectivity index (χ1v) is 10.4. The standard InChI is InChI=1S/C20H15ClF4N8O3/c21-11-3-1-10(2-4-11)17-30-32(19(36)31(17)8-14(34)20(23,24)25)9-15-28-18(16(26)35)33(29-15)13-5-6-27-7-12(13)22/h1-7,14,34H,8-9H2,(H2,26,35). The van der Waals surface area contributed by atoms with Gasteiger partial charge in [0.05, 0.1) is 12.7 Å². The van der Waals surface area contributed by atoms with Gasteiger partial charge < -0.3 is 10.8 Å². The number of hydrogen-bond acceptors (Lipinski definition) is 7. The monoisotopic (exact) mass is 526 g/mol. The minimum absolute atomic E-state index is 0.199. The molecule has 0 radical (unpaired) electrons. The van der Waals surface area contributed by atoms with Crippen molar-refractivity contribution >= 4 is 17.5 Å². The van der Waals surface area contributed by atoms with E-state index < -0.39 is 48.6 Å². The maximum Gasteiger partial charge on any atom is 0.416 e. The molecule has 11 nitrogen and oxygen atoms in total. The molecule has 3 N–H and O–H groups in total. The number of hydrogen-bond donors (Lipinski definition) is 2. The predicted octanol–water partition coefficient (Wildman–Crippen LogP) is 1.55. The Kier molecular flexibility index (Phi) is 6.60. The average Bonchev–Trinajstić information content (AvgIpc) is 3.36. The number of nitrogens with zero attached hydrogens (tertiary/aromatic N) is 7. The van der Waals surface area contributed by atoms with E-state index >= 15 is 0 Å². The molecule has 0 fully saturated rings. The number of aromatic nitrogens is 7. The Morgan fingerprint density at radius 1 is 1.17 bits per heavy atom. The molecule has 0 saturated carbocycles. The van der Waals surface area contributed by atoms with Crippen LogP contribution in [0.1, 0.15) is 16.4 Å². The summed E-state index contributed by atoms with van der Waals surface area (Å²) in [6, 6.07) is 6.94. The van der Waals surface area contributed by atoms with Gasteiger partial charge in [0.15, 0.2) is 23.6 Å². The molecule has 0 spiro atoms. The first kappa shape index (κ1) is 25.0. The van der Waals surface area contributed by atoms with Crippen molar-refractivity contribution in [2.45, 2.75) is 25.4 Å². The quantitative estimate of drug-likeness (QED) is 0.347. The van der Waals surface area contributed by atoms with Gasteiger partial charge in [-0.2, -0.15) is 13.2 Å². The first-order valence-electron chi connectivity index (χ1n) is 9.99. The molecule has 3 heterocycles. The smallest absolute Gasteiger partial charge is 0.382 e. The summed E-state index contributed by atoms with van der Waals surface area (Å²) in [6.45, 7) is -1.66. The molecular formula is C20H15ClF4N8O3. The largest absolute Gasteiger partial charge is 0.416 e. The van der Waals surface area contributed by atoms with E-state index in [4.69, 9.17) is 17.3 Å². The Labute approximate surface area is 203 Å². The average molecular weight is 527 g/mol. The molecule has 16 heteroatoms. The van der Waals surface area contributed by atoms with Gasteiger partial charge in [0, 0.05) is 16.8 Å². The number of pyridine rings is 1. The summed E-state index contributed by atoms with van der Waals surface area (Å²) in [4.78, 5) is 32.4. The Hall–Kier alpha value is -4.11. The van der Waals surface area contributed by atoms with E-state index in [0.29, 0.717) is 9.59 Å². The van der Waals surface area contributed by atoms with E-state index in [1.165, 1.54) is 36.5 Å². The molecule has 0 aliphatic heterocycles. The van der Waals surface area contributed by atoms with Gasteiger partial charge in [-0.05, 0) is 30.3 Å². The molecule has 4 rings (SSSR count). The number of aliphatic hydroxyl groups excluding tert-OH is 1. The third kappa shape index (κ3) is 4.96. The summed E-state index contributed by atoms with van der Waals surface area (Å²) in [5.74, 6) is -2.78. The molecule has 1 aromatic carbocycles. The van der Waals surface area contributed by atoms with Gasteiger partial charge in [-0.15, -0.1) is 10.2 Å². The summed E-state index contributed by atoms with van der Waals surface area (Å²) in [5, 5.41) is 18.0. The second-order valence-electron chi connectivity index (χ2n) is 7.39. The lowest BCUT2D eigenvalue weighted by Crippen LogP contribution is -2.37. The highest BCUT2D eigenvalue weighted by atomic mass is 35.5. The number of aliphatic hydroxyl groups is 1. The van der Waals surface area contributed by atoms with E-state index in [9.17, 15) is 32.3 Å². The highest BCUT2D eigenvalue weighted by Crippen LogP contribution is 2.24. The van der Waals surface area contributed by atoms with Gasteiger partial charge in [-0.25, -0.2) is 23.5 Å². The second kappa shape index (κ2) is 9.50. The number of nitrogens with two attached hydrogens (primary N) is 1. The lowest BCUT2D eigenvalue weighted by Gasteiger charge is -2.15. The van der Waals surface area contributed by atoms with Crippen molar-refractivity contribution in [1.82, 2.24) is 34.1 Å². The van der Waals surface area contributed by atoms with E-state index in [1.54, 1.807) is 0 Å². The van der Waals surface area contributed by atoms with Crippen LogP contribution in [-0.4, -0.2) is 57.4 Å². The zero-order chi connectivity index (χ0) is 26.2. The normalized spacial score (nSPS) is 12.6. The molecule has 1 amide bonds. The van der Waals surface area contributed by atoms with Crippen LogP contribution in [0.25, 0.3) is 17.1 Å². The number of halogens is 5. The fourth-order valence-electron chi connectivity index (χ4n) is 3.22. The van der Waals surface area contributed by atoms with Crippen LogP contribution >= 0.6 is 11.6 Å². The van der Waals surface area contributed by atoms with Crippen molar-refractivity contribution in [3.8, 4) is 17.1 Å². The van der Waals surface area contributed by atoms with Crippen LogP contribution in [0.15, 0.2) is 47.5 Å². The topological polar surface area (TPSA) is 147 Å². The highest BCUT2D eigenvalue weighted by Gasteiger charge is 2.39. The molecule has 0 aliphatic rings. The summed E-state index contributed by atoms with van der Waals surface area (Å²) in [5.41, 5.74) is 4.32. The number of rotatable bonds is 7. The zero-order valence-corrected chi connectivity index (χ0v) is 18.7. The van der Waals surface area contributed by atoms with E-state index in [-0.39, 0.29) is 22.9 Å². The van der Waals surface area contributed by atoms with Crippen LogP contribution in [0.5, 0.6) is 0 Å². The molecule has 3 aromatic heterocycles. The summed E-state index contributed by atoms with van der Waals surface area (Å²) in [6.07, 6.45) is -5.74. The Balaban J connectivity index is 1.78. The number of alkyl halides is 3. The van der Waals surface area contributed by atoms with Crippen LogP contribution in [0.2, 0.25) is 5.02 Å². The minimum Gasteiger partial charge on any atom is -0.382 e.